The molecule has 0 amide bonds. The minimum atomic E-state index is -1.56. The highest BCUT2D eigenvalue weighted by Gasteiger charge is 2.46. The van der Waals surface area contributed by atoms with E-state index in [0.29, 0.717) is 0 Å². The molecule has 0 aromatic rings. The Morgan fingerprint density at radius 2 is 2.07 bits per heavy atom. The maximum Gasteiger partial charge on any atom is 0.323 e. The number of carboxylic acid groups (broad SMARTS) is 1. The predicted molar refractivity (Wildman–Crippen MR) is 53.1 cm³/mol. The van der Waals surface area contributed by atoms with Gasteiger partial charge in [0.2, 0.25) is 6.54 Å². The number of hydrogen-bond acceptors (Lipinski definition) is 3. The Morgan fingerprint density at radius 1 is 1.47 bits per heavy atom. The number of carboxylic acids is 1. The molecule has 0 aliphatic carbocycles. The largest absolute Gasteiger partial charge is 0.480 e. The van der Waals surface area contributed by atoms with Gasteiger partial charge >= 0.3 is 11.9 Å². The second kappa shape index (κ2) is 6.02. The van der Waals surface area contributed by atoms with Gasteiger partial charge in [-0.1, -0.05) is 6.92 Å². The lowest BCUT2D eigenvalue weighted by Crippen LogP contribution is -2.40. The molecule has 0 aromatic heterocycles. The van der Waals surface area contributed by atoms with Crippen molar-refractivity contribution in [3.8, 4) is 0 Å². The highest BCUT2D eigenvalue weighted by atomic mass is 16.5. The Bertz CT molecular complexity index is 282. The summed E-state index contributed by atoms with van der Waals surface area (Å²) in [5, 5.41) is 9.04. The molecule has 0 saturated heterocycles. The molecular formula is C10H15NO4. The molecule has 0 aliphatic heterocycles. The Morgan fingerprint density at radius 3 is 2.40 bits per heavy atom. The van der Waals surface area contributed by atoms with Gasteiger partial charge in [-0.25, -0.2) is 6.57 Å². The SMILES string of the molecule is [C-]#[N+]CCC(CC)(C(=O)O)C(=O)OCC. The summed E-state index contributed by atoms with van der Waals surface area (Å²) < 4.78 is 4.73. The molecule has 84 valence electrons. The zero-order chi connectivity index (χ0) is 11.9. The summed E-state index contributed by atoms with van der Waals surface area (Å²) in [6, 6.07) is 0. The zero-order valence-electron chi connectivity index (χ0n) is 8.95. The summed E-state index contributed by atoms with van der Waals surface area (Å²) in [4.78, 5) is 25.7. The monoisotopic (exact) mass is 213 g/mol. The van der Waals surface area contributed by atoms with Crippen LogP contribution in [0.5, 0.6) is 0 Å². The lowest BCUT2D eigenvalue weighted by molar-refractivity contribution is -0.169. The van der Waals surface area contributed by atoms with Gasteiger partial charge in [0.25, 0.3) is 0 Å². The number of nitrogens with zero attached hydrogens (tertiary/aromatic N) is 1. The quantitative estimate of drug-likeness (QED) is 0.410. The van der Waals surface area contributed by atoms with Crippen LogP contribution in [-0.4, -0.2) is 30.2 Å². The first kappa shape index (κ1) is 13.4. The van der Waals surface area contributed by atoms with Gasteiger partial charge in [0, 0.05) is 6.42 Å². The average molecular weight is 213 g/mol. The van der Waals surface area contributed by atoms with Gasteiger partial charge in [-0.15, -0.1) is 0 Å². The van der Waals surface area contributed by atoms with E-state index in [1.807, 2.05) is 0 Å². The standard InChI is InChI=1S/C10H15NO4/c1-4-10(8(12)13,6-7-11-3)9(14)15-5-2/h4-7H2,1-2H3,(H,12,13). The molecule has 1 atom stereocenters. The number of carbonyl (C=O) groups is 2. The molecule has 1 N–H and O–H groups in total. The van der Waals surface area contributed by atoms with Crippen LogP contribution in [0.3, 0.4) is 0 Å². The van der Waals surface area contributed by atoms with Crippen LogP contribution < -0.4 is 0 Å². The fourth-order valence-electron chi connectivity index (χ4n) is 1.28. The second-order valence-electron chi connectivity index (χ2n) is 3.09. The summed E-state index contributed by atoms with van der Waals surface area (Å²) in [5.41, 5.74) is -1.56. The fraction of sp³-hybridized carbons (Fsp3) is 0.700. The lowest BCUT2D eigenvalue weighted by atomic mass is 9.82. The Labute approximate surface area is 88.9 Å². The van der Waals surface area contributed by atoms with Crippen LogP contribution in [0.2, 0.25) is 0 Å². The third-order valence-corrected chi connectivity index (χ3v) is 2.33. The number of rotatable bonds is 6. The molecule has 0 heterocycles. The average Bonchev–Trinajstić information content (AvgIpc) is 2.19. The molecule has 0 aliphatic rings. The van der Waals surface area contributed by atoms with E-state index in [1.165, 1.54) is 0 Å². The molecule has 0 radical (unpaired) electrons. The van der Waals surface area contributed by atoms with Crippen molar-refractivity contribution < 1.29 is 19.4 Å². The summed E-state index contributed by atoms with van der Waals surface area (Å²) in [6.45, 7) is 10.0. The third kappa shape index (κ3) is 2.94. The third-order valence-electron chi connectivity index (χ3n) is 2.33. The van der Waals surface area contributed by atoms with Gasteiger partial charge in [0.15, 0.2) is 5.41 Å². The molecule has 15 heavy (non-hydrogen) atoms. The van der Waals surface area contributed by atoms with E-state index in [2.05, 4.69) is 4.85 Å². The van der Waals surface area contributed by atoms with Crippen LogP contribution in [0.4, 0.5) is 0 Å². The number of esters is 1. The number of aliphatic carboxylic acids is 1. The first-order valence-electron chi connectivity index (χ1n) is 4.79. The molecule has 0 bridgehead atoms. The topological polar surface area (TPSA) is 68.0 Å². The van der Waals surface area contributed by atoms with E-state index in [1.54, 1.807) is 13.8 Å². The molecule has 1 unspecified atom stereocenters. The van der Waals surface area contributed by atoms with Gasteiger partial charge in [0.05, 0.1) is 6.61 Å². The lowest BCUT2D eigenvalue weighted by Gasteiger charge is -2.23. The fourth-order valence-corrected chi connectivity index (χ4v) is 1.28. The summed E-state index contributed by atoms with van der Waals surface area (Å²) in [7, 11) is 0. The van der Waals surface area contributed by atoms with Crippen molar-refractivity contribution in [3.63, 3.8) is 0 Å². The molecule has 5 nitrogen and oxygen atoms in total. The smallest absolute Gasteiger partial charge is 0.323 e. The van der Waals surface area contributed by atoms with E-state index in [0.717, 1.165) is 0 Å². The van der Waals surface area contributed by atoms with Crippen LogP contribution in [0.25, 0.3) is 4.85 Å². The molecule has 0 rings (SSSR count). The number of carbonyl (C=O) groups excluding carboxylic acids is 1. The molecular weight excluding hydrogens is 198 g/mol. The van der Waals surface area contributed by atoms with Crippen molar-refractivity contribution in [2.24, 2.45) is 5.41 Å². The van der Waals surface area contributed by atoms with E-state index in [-0.39, 0.29) is 26.0 Å². The maximum absolute atomic E-state index is 11.5. The summed E-state index contributed by atoms with van der Waals surface area (Å²) in [6.07, 6.45) is 0.137. The predicted octanol–water partition coefficient (Wildman–Crippen LogP) is 1.34. The van der Waals surface area contributed by atoms with Gasteiger partial charge < -0.3 is 14.7 Å². The van der Waals surface area contributed by atoms with Crippen LogP contribution >= 0.6 is 0 Å². The van der Waals surface area contributed by atoms with Crippen LogP contribution in [-0.2, 0) is 14.3 Å². The highest BCUT2D eigenvalue weighted by molar-refractivity contribution is 5.99. The van der Waals surface area contributed by atoms with E-state index in [4.69, 9.17) is 16.4 Å². The minimum Gasteiger partial charge on any atom is -0.480 e. The Balaban J connectivity index is 4.89. The van der Waals surface area contributed by atoms with Crippen LogP contribution in [0, 0.1) is 12.0 Å². The molecule has 0 spiro atoms. The van der Waals surface area contributed by atoms with Crippen molar-refractivity contribution in [2.75, 3.05) is 13.2 Å². The van der Waals surface area contributed by atoms with E-state index in [9.17, 15) is 9.59 Å². The zero-order valence-corrected chi connectivity index (χ0v) is 8.95. The van der Waals surface area contributed by atoms with Crippen molar-refractivity contribution in [1.29, 1.82) is 0 Å². The summed E-state index contributed by atoms with van der Waals surface area (Å²) in [5.74, 6) is -1.96. The molecule has 0 saturated carbocycles. The second-order valence-corrected chi connectivity index (χ2v) is 3.09. The van der Waals surface area contributed by atoms with Crippen molar-refractivity contribution >= 4 is 11.9 Å². The van der Waals surface area contributed by atoms with Gasteiger partial charge in [-0.2, -0.15) is 0 Å². The minimum absolute atomic E-state index is 0.00116. The Hall–Kier alpha value is -1.57. The van der Waals surface area contributed by atoms with Gasteiger partial charge in [0.1, 0.15) is 0 Å². The van der Waals surface area contributed by atoms with Crippen LogP contribution in [0.1, 0.15) is 26.7 Å². The molecule has 5 heteroatoms. The first-order valence-corrected chi connectivity index (χ1v) is 4.79. The first-order chi connectivity index (χ1) is 7.05. The van der Waals surface area contributed by atoms with Crippen molar-refractivity contribution in [3.05, 3.63) is 11.4 Å². The molecule has 0 fully saturated rings. The van der Waals surface area contributed by atoms with Crippen molar-refractivity contribution in [1.82, 2.24) is 0 Å². The summed E-state index contributed by atoms with van der Waals surface area (Å²) >= 11 is 0. The van der Waals surface area contributed by atoms with Gasteiger partial charge in [-0.3, -0.25) is 9.59 Å². The maximum atomic E-state index is 11.5. The van der Waals surface area contributed by atoms with Gasteiger partial charge in [-0.05, 0) is 13.3 Å². The Kier molecular flexibility index (Phi) is 5.39. The van der Waals surface area contributed by atoms with Crippen molar-refractivity contribution in [2.45, 2.75) is 26.7 Å². The van der Waals surface area contributed by atoms with Crippen LogP contribution in [0.15, 0.2) is 0 Å². The highest BCUT2D eigenvalue weighted by Crippen LogP contribution is 2.29. The van der Waals surface area contributed by atoms with E-state index >= 15 is 0 Å². The molecule has 0 aromatic carbocycles. The normalized spacial score (nSPS) is 13.7. The number of hydrogen-bond donors (Lipinski definition) is 1. The van der Waals surface area contributed by atoms with E-state index < -0.39 is 17.4 Å². The number of ether oxygens (including phenoxy) is 1.